The van der Waals surface area contributed by atoms with Gasteiger partial charge in [-0.05, 0) is 17.7 Å². The molecule has 0 amide bonds. The van der Waals surface area contributed by atoms with E-state index >= 15 is 0 Å². The van der Waals surface area contributed by atoms with Gasteiger partial charge in [-0.3, -0.25) is 0 Å². The van der Waals surface area contributed by atoms with Crippen molar-refractivity contribution in [2.45, 2.75) is 19.9 Å². The smallest absolute Gasteiger partial charge is 0.134 e. The predicted molar refractivity (Wildman–Crippen MR) is 77.7 cm³/mol. The van der Waals surface area contributed by atoms with Crippen LogP contribution >= 0.6 is 0 Å². The van der Waals surface area contributed by atoms with Crippen LogP contribution in [0.2, 0.25) is 0 Å². The third-order valence-corrected chi connectivity index (χ3v) is 3.04. The Balaban J connectivity index is 2.29. The predicted octanol–water partition coefficient (Wildman–Crippen LogP) is 1.85. The quantitative estimate of drug-likeness (QED) is 0.862. The van der Waals surface area contributed by atoms with Crippen LogP contribution in [-0.2, 0) is 13.0 Å². The van der Waals surface area contributed by atoms with E-state index in [-0.39, 0.29) is 6.61 Å². The normalized spacial score (nSPS) is 9.95. The Bertz CT molecular complexity index is 635. The number of benzene rings is 1. The van der Waals surface area contributed by atoms with Gasteiger partial charge in [0.1, 0.15) is 18.2 Å². The number of aromatic nitrogens is 2. The fourth-order valence-electron chi connectivity index (χ4n) is 2.08. The van der Waals surface area contributed by atoms with E-state index in [1.54, 1.807) is 7.11 Å². The molecule has 104 valence electrons. The SMILES string of the molecule is CCc1nccn1Cc1ccc(OC)c(C#CCO)c1. The molecule has 2 rings (SSSR count). The van der Waals surface area contributed by atoms with Gasteiger partial charge in [-0.2, -0.15) is 0 Å². The molecule has 0 spiro atoms. The lowest BCUT2D eigenvalue weighted by Gasteiger charge is -2.09. The number of aliphatic hydroxyl groups is 1. The Morgan fingerprint density at radius 2 is 2.25 bits per heavy atom. The van der Waals surface area contributed by atoms with E-state index in [2.05, 4.69) is 28.3 Å². The molecular formula is C16H18N2O2. The minimum atomic E-state index is -0.158. The van der Waals surface area contributed by atoms with Gasteiger partial charge in [0.25, 0.3) is 0 Å². The number of methoxy groups -OCH3 is 1. The third-order valence-electron chi connectivity index (χ3n) is 3.04. The number of rotatable bonds is 4. The molecule has 1 aromatic carbocycles. The highest BCUT2D eigenvalue weighted by molar-refractivity contribution is 5.48. The number of hydrogen-bond acceptors (Lipinski definition) is 3. The van der Waals surface area contributed by atoms with Crippen LogP contribution in [0.1, 0.15) is 23.9 Å². The molecule has 4 nitrogen and oxygen atoms in total. The summed E-state index contributed by atoms with van der Waals surface area (Å²) in [6.45, 7) is 2.68. The molecule has 1 aromatic heterocycles. The zero-order valence-corrected chi connectivity index (χ0v) is 11.8. The fourth-order valence-corrected chi connectivity index (χ4v) is 2.08. The second kappa shape index (κ2) is 6.78. The maximum atomic E-state index is 8.81. The van der Waals surface area contributed by atoms with Crippen molar-refractivity contribution in [3.8, 4) is 17.6 Å². The van der Waals surface area contributed by atoms with Crippen molar-refractivity contribution in [2.75, 3.05) is 13.7 Å². The molecule has 4 heteroatoms. The number of hydrogen-bond donors (Lipinski definition) is 1. The van der Waals surface area contributed by atoms with Crippen LogP contribution in [0.3, 0.4) is 0 Å². The fraction of sp³-hybridized carbons (Fsp3) is 0.312. The molecule has 0 unspecified atom stereocenters. The summed E-state index contributed by atoms with van der Waals surface area (Å²) in [6, 6.07) is 5.91. The van der Waals surface area contributed by atoms with E-state index in [1.807, 2.05) is 30.6 Å². The minimum Gasteiger partial charge on any atom is -0.495 e. The molecule has 0 bridgehead atoms. The highest BCUT2D eigenvalue weighted by Crippen LogP contribution is 2.19. The lowest BCUT2D eigenvalue weighted by molar-refractivity contribution is 0.350. The summed E-state index contributed by atoms with van der Waals surface area (Å²) in [5, 5.41) is 8.81. The van der Waals surface area contributed by atoms with Gasteiger partial charge in [-0.25, -0.2) is 4.98 Å². The van der Waals surface area contributed by atoms with Gasteiger partial charge in [0.2, 0.25) is 0 Å². The van der Waals surface area contributed by atoms with E-state index in [0.29, 0.717) is 0 Å². The molecular weight excluding hydrogens is 252 g/mol. The summed E-state index contributed by atoms with van der Waals surface area (Å²) in [7, 11) is 1.62. The topological polar surface area (TPSA) is 47.3 Å². The van der Waals surface area contributed by atoms with Crippen molar-refractivity contribution >= 4 is 0 Å². The number of aryl methyl sites for hydroxylation is 1. The molecule has 1 heterocycles. The second-order valence-electron chi connectivity index (χ2n) is 4.32. The van der Waals surface area contributed by atoms with Crippen molar-refractivity contribution < 1.29 is 9.84 Å². The average molecular weight is 270 g/mol. The van der Waals surface area contributed by atoms with Crippen molar-refractivity contribution in [3.63, 3.8) is 0 Å². The standard InChI is InChI=1S/C16H18N2O2/c1-3-16-17-8-9-18(16)12-13-6-7-15(20-2)14(11-13)5-4-10-19/h6-9,11,19H,3,10,12H2,1-2H3. The summed E-state index contributed by atoms with van der Waals surface area (Å²) < 4.78 is 7.39. The molecule has 0 aliphatic rings. The van der Waals surface area contributed by atoms with Gasteiger partial charge >= 0.3 is 0 Å². The van der Waals surface area contributed by atoms with Gasteiger partial charge in [0.15, 0.2) is 0 Å². The first-order valence-electron chi connectivity index (χ1n) is 6.55. The molecule has 0 saturated heterocycles. The summed E-state index contributed by atoms with van der Waals surface area (Å²) in [6.07, 6.45) is 4.69. The second-order valence-corrected chi connectivity index (χ2v) is 4.32. The Morgan fingerprint density at radius 1 is 1.40 bits per heavy atom. The summed E-state index contributed by atoms with van der Waals surface area (Å²) in [5.74, 6) is 7.34. The van der Waals surface area contributed by atoms with Gasteiger partial charge < -0.3 is 14.4 Å². The minimum absolute atomic E-state index is 0.158. The van der Waals surface area contributed by atoms with Crippen LogP contribution in [0.15, 0.2) is 30.6 Å². The molecule has 0 radical (unpaired) electrons. The highest BCUT2D eigenvalue weighted by atomic mass is 16.5. The van der Waals surface area contributed by atoms with Crippen LogP contribution in [0, 0.1) is 11.8 Å². The first-order chi connectivity index (χ1) is 9.78. The lowest BCUT2D eigenvalue weighted by Crippen LogP contribution is -2.04. The van der Waals surface area contributed by atoms with Crippen LogP contribution in [0.5, 0.6) is 5.75 Å². The van der Waals surface area contributed by atoms with E-state index in [4.69, 9.17) is 9.84 Å². The van der Waals surface area contributed by atoms with Gasteiger partial charge in [-0.1, -0.05) is 24.8 Å². The summed E-state index contributed by atoms with van der Waals surface area (Å²) in [5.41, 5.74) is 1.91. The molecule has 2 aromatic rings. The molecule has 1 N–H and O–H groups in total. The molecule has 0 saturated carbocycles. The van der Waals surface area contributed by atoms with E-state index < -0.39 is 0 Å². The monoisotopic (exact) mass is 270 g/mol. The molecule has 0 atom stereocenters. The Labute approximate surface area is 119 Å². The largest absolute Gasteiger partial charge is 0.495 e. The van der Waals surface area contributed by atoms with Crippen LogP contribution in [-0.4, -0.2) is 28.4 Å². The van der Waals surface area contributed by atoms with E-state index in [1.165, 1.54) is 0 Å². The zero-order chi connectivity index (χ0) is 14.4. The van der Waals surface area contributed by atoms with Crippen LogP contribution in [0.4, 0.5) is 0 Å². The van der Waals surface area contributed by atoms with Crippen molar-refractivity contribution in [1.29, 1.82) is 0 Å². The highest BCUT2D eigenvalue weighted by Gasteiger charge is 2.05. The van der Waals surface area contributed by atoms with Crippen LogP contribution < -0.4 is 4.74 Å². The summed E-state index contributed by atoms with van der Waals surface area (Å²) >= 11 is 0. The molecule has 20 heavy (non-hydrogen) atoms. The molecule has 0 aliphatic heterocycles. The van der Waals surface area contributed by atoms with Crippen molar-refractivity contribution in [1.82, 2.24) is 9.55 Å². The third kappa shape index (κ3) is 3.19. The van der Waals surface area contributed by atoms with Gasteiger partial charge in [0, 0.05) is 25.4 Å². The Morgan fingerprint density at radius 3 is 2.95 bits per heavy atom. The maximum Gasteiger partial charge on any atom is 0.134 e. The van der Waals surface area contributed by atoms with E-state index in [9.17, 15) is 0 Å². The first kappa shape index (κ1) is 14.2. The number of imidazole rings is 1. The molecule has 0 fully saturated rings. The molecule has 0 aliphatic carbocycles. The Kier molecular flexibility index (Phi) is 4.80. The first-order valence-corrected chi connectivity index (χ1v) is 6.55. The van der Waals surface area contributed by atoms with Crippen LogP contribution in [0.25, 0.3) is 0 Å². The number of nitrogens with zero attached hydrogens (tertiary/aromatic N) is 2. The number of aliphatic hydroxyl groups excluding tert-OH is 1. The Hall–Kier alpha value is -2.25. The zero-order valence-electron chi connectivity index (χ0n) is 11.8. The summed E-state index contributed by atoms with van der Waals surface area (Å²) in [4.78, 5) is 4.31. The lowest BCUT2D eigenvalue weighted by atomic mass is 10.1. The van der Waals surface area contributed by atoms with Crippen molar-refractivity contribution in [2.24, 2.45) is 0 Å². The van der Waals surface area contributed by atoms with Gasteiger partial charge in [0.05, 0.1) is 12.7 Å². The van der Waals surface area contributed by atoms with Gasteiger partial charge in [-0.15, -0.1) is 0 Å². The average Bonchev–Trinajstić information content (AvgIpc) is 2.92. The number of ether oxygens (including phenoxy) is 1. The maximum absolute atomic E-state index is 8.81. The van der Waals surface area contributed by atoms with E-state index in [0.717, 1.165) is 35.7 Å². The van der Waals surface area contributed by atoms with Crippen molar-refractivity contribution in [3.05, 3.63) is 47.5 Å².